The molecule has 0 aliphatic heterocycles. The lowest BCUT2D eigenvalue weighted by atomic mass is 10.0. The summed E-state index contributed by atoms with van der Waals surface area (Å²) in [6, 6.07) is 5.66. The normalized spacial score (nSPS) is 11.5. The fourth-order valence-electron chi connectivity index (χ4n) is 2.61. The minimum atomic E-state index is -3.90. The number of hydrogen-bond acceptors (Lipinski definition) is 2. The Morgan fingerprint density at radius 2 is 1.71 bits per heavy atom. The first kappa shape index (κ1) is 19.8. The Hall–Kier alpha value is -2.94. The maximum absolute atomic E-state index is 14.1. The number of aromatic nitrogens is 2. The molecule has 1 N–H and O–H groups in total. The lowest BCUT2D eigenvalue weighted by Crippen LogP contribution is -2.17. The van der Waals surface area contributed by atoms with Gasteiger partial charge < -0.3 is 5.32 Å². The van der Waals surface area contributed by atoms with Crippen molar-refractivity contribution in [1.29, 1.82) is 0 Å². The third-order valence-corrected chi connectivity index (χ3v) is 3.97. The predicted molar refractivity (Wildman–Crippen MR) is 92.7 cm³/mol. The Balaban J connectivity index is 2.04. The maximum atomic E-state index is 14.1. The molecule has 3 rings (SSSR count). The molecule has 0 aliphatic rings. The number of halogens is 6. The molecule has 10 heteroatoms. The minimum Gasteiger partial charge on any atom is -0.321 e. The first-order valence-electron chi connectivity index (χ1n) is 7.73. The second-order valence-corrected chi connectivity index (χ2v) is 6.31. The quantitative estimate of drug-likeness (QED) is 0.479. The second kappa shape index (κ2) is 7.23. The SMILES string of the molecule is Cn1cc(C(=O)Nc2ccc(F)cc2-c2ccc(F)cc2F)c(C(F)(F)Cl)n1. The Bertz CT molecular complexity index is 1060. The van der Waals surface area contributed by atoms with E-state index in [9.17, 15) is 26.7 Å². The minimum absolute atomic E-state index is 0.0791. The van der Waals surface area contributed by atoms with Crippen LogP contribution in [0.25, 0.3) is 11.1 Å². The molecule has 1 heterocycles. The van der Waals surface area contributed by atoms with Crippen molar-refractivity contribution in [2.75, 3.05) is 5.32 Å². The number of carbonyl (C=O) groups is 1. The third kappa shape index (κ3) is 3.99. The largest absolute Gasteiger partial charge is 0.367 e. The molecule has 0 atom stereocenters. The van der Waals surface area contributed by atoms with Gasteiger partial charge in [0.1, 0.15) is 17.5 Å². The van der Waals surface area contributed by atoms with Crippen LogP contribution in [0.1, 0.15) is 16.1 Å². The van der Waals surface area contributed by atoms with Crippen molar-refractivity contribution in [3.63, 3.8) is 0 Å². The number of aryl methyl sites for hydroxylation is 1. The smallest absolute Gasteiger partial charge is 0.321 e. The monoisotopic (exact) mass is 415 g/mol. The molecule has 28 heavy (non-hydrogen) atoms. The van der Waals surface area contributed by atoms with E-state index in [4.69, 9.17) is 11.6 Å². The van der Waals surface area contributed by atoms with Crippen molar-refractivity contribution in [3.8, 4) is 11.1 Å². The van der Waals surface area contributed by atoms with Crippen molar-refractivity contribution in [2.24, 2.45) is 7.05 Å². The molecule has 0 saturated carbocycles. The summed E-state index contributed by atoms with van der Waals surface area (Å²) in [4.78, 5) is 12.5. The van der Waals surface area contributed by atoms with E-state index in [-0.39, 0.29) is 16.8 Å². The number of carbonyl (C=O) groups excluding carboxylic acids is 1. The average molecular weight is 416 g/mol. The van der Waals surface area contributed by atoms with Crippen molar-refractivity contribution in [2.45, 2.75) is 5.38 Å². The van der Waals surface area contributed by atoms with E-state index in [2.05, 4.69) is 10.4 Å². The zero-order valence-electron chi connectivity index (χ0n) is 14.1. The Morgan fingerprint density at radius 1 is 1.07 bits per heavy atom. The molecule has 1 amide bonds. The van der Waals surface area contributed by atoms with Gasteiger partial charge in [0.25, 0.3) is 5.91 Å². The Kier molecular flexibility index (Phi) is 5.12. The van der Waals surface area contributed by atoms with Crippen molar-refractivity contribution >= 4 is 23.2 Å². The van der Waals surface area contributed by atoms with Crippen LogP contribution in [0.15, 0.2) is 42.6 Å². The highest BCUT2D eigenvalue weighted by Crippen LogP contribution is 2.35. The summed E-state index contributed by atoms with van der Waals surface area (Å²) in [7, 11) is 1.32. The van der Waals surface area contributed by atoms with Gasteiger partial charge in [-0.2, -0.15) is 13.9 Å². The third-order valence-electron chi connectivity index (χ3n) is 3.79. The molecule has 146 valence electrons. The molecule has 0 aliphatic carbocycles. The van der Waals surface area contributed by atoms with Crippen LogP contribution in [0, 0.1) is 17.5 Å². The van der Waals surface area contributed by atoms with E-state index < -0.39 is 40.0 Å². The molecule has 4 nitrogen and oxygen atoms in total. The number of nitrogens with zero attached hydrogens (tertiary/aromatic N) is 2. The van der Waals surface area contributed by atoms with Crippen LogP contribution in [0.3, 0.4) is 0 Å². The molecule has 0 radical (unpaired) electrons. The molecule has 0 saturated heterocycles. The average Bonchev–Trinajstić information content (AvgIpc) is 2.99. The molecule has 1 aromatic heterocycles. The maximum Gasteiger partial charge on any atom is 0.367 e. The summed E-state index contributed by atoms with van der Waals surface area (Å²) < 4.78 is 68.9. The fourth-order valence-corrected chi connectivity index (χ4v) is 2.75. The van der Waals surface area contributed by atoms with Gasteiger partial charge in [-0.15, -0.1) is 0 Å². The number of amides is 1. The van der Waals surface area contributed by atoms with Crippen LogP contribution in [0.5, 0.6) is 0 Å². The number of rotatable bonds is 4. The van der Waals surface area contributed by atoms with Crippen LogP contribution in [0.4, 0.5) is 27.6 Å². The second-order valence-electron chi connectivity index (χ2n) is 5.83. The van der Waals surface area contributed by atoms with Crippen molar-refractivity contribution in [3.05, 3.63) is 71.3 Å². The highest BCUT2D eigenvalue weighted by atomic mass is 35.5. The summed E-state index contributed by atoms with van der Waals surface area (Å²) in [5.74, 6) is -3.59. The van der Waals surface area contributed by atoms with Crippen LogP contribution < -0.4 is 5.32 Å². The van der Waals surface area contributed by atoms with Gasteiger partial charge in [0.05, 0.1) is 5.56 Å². The number of alkyl halides is 3. The predicted octanol–water partition coefficient (Wildman–Crippen LogP) is 5.04. The van der Waals surface area contributed by atoms with Crippen LogP contribution >= 0.6 is 11.6 Å². The highest BCUT2D eigenvalue weighted by molar-refractivity contribution is 6.22. The molecule has 0 unspecified atom stereocenters. The zero-order chi connectivity index (χ0) is 20.6. The van der Waals surface area contributed by atoms with E-state index >= 15 is 0 Å². The van der Waals surface area contributed by atoms with Crippen molar-refractivity contribution in [1.82, 2.24) is 9.78 Å². The summed E-state index contributed by atoms with van der Waals surface area (Å²) in [6.45, 7) is 0. The Labute approximate surface area is 160 Å². The summed E-state index contributed by atoms with van der Waals surface area (Å²) in [5, 5.41) is 1.88. The van der Waals surface area contributed by atoms with Crippen molar-refractivity contribution < 1.29 is 26.7 Å². The molecule has 2 aromatic carbocycles. The Morgan fingerprint density at radius 3 is 2.36 bits per heavy atom. The van der Waals surface area contributed by atoms with Crippen LogP contribution in [-0.2, 0) is 12.4 Å². The summed E-state index contributed by atoms with van der Waals surface area (Å²) >= 11 is 4.98. The molecular formula is C18H11ClF5N3O. The van der Waals surface area contributed by atoms with Gasteiger partial charge in [-0.05, 0) is 41.9 Å². The van der Waals surface area contributed by atoms with E-state index in [1.807, 2.05) is 0 Å². The molecule has 0 fully saturated rings. The topological polar surface area (TPSA) is 46.9 Å². The van der Waals surface area contributed by atoms with E-state index in [1.54, 1.807) is 0 Å². The first-order chi connectivity index (χ1) is 13.1. The number of benzene rings is 2. The summed E-state index contributed by atoms with van der Waals surface area (Å²) in [6.07, 6.45) is 1.03. The van der Waals surface area contributed by atoms with Gasteiger partial charge in [0, 0.05) is 36.1 Å². The summed E-state index contributed by atoms with van der Waals surface area (Å²) in [5.41, 5.74) is -1.85. The van der Waals surface area contributed by atoms with Gasteiger partial charge in [0.15, 0.2) is 5.69 Å². The molecular weight excluding hydrogens is 405 g/mol. The molecule has 0 spiro atoms. The number of hydrogen-bond donors (Lipinski definition) is 1. The van der Waals surface area contributed by atoms with Gasteiger partial charge >= 0.3 is 5.38 Å². The van der Waals surface area contributed by atoms with E-state index in [0.29, 0.717) is 6.07 Å². The molecule has 3 aromatic rings. The van der Waals surface area contributed by atoms with Gasteiger partial charge in [0.2, 0.25) is 0 Å². The molecule has 0 bridgehead atoms. The number of nitrogens with one attached hydrogen (secondary N) is 1. The van der Waals surface area contributed by atoms with E-state index in [1.165, 1.54) is 7.05 Å². The zero-order valence-corrected chi connectivity index (χ0v) is 14.9. The lowest BCUT2D eigenvalue weighted by molar-refractivity contribution is 0.0849. The van der Waals surface area contributed by atoms with E-state index in [0.717, 1.165) is 41.2 Å². The highest BCUT2D eigenvalue weighted by Gasteiger charge is 2.36. The lowest BCUT2D eigenvalue weighted by Gasteiger charge is -2.13. The van der Waals surface area contributed by atoms with Crippen LogP contribution in [0.2, 0.25) is 0 Å². The van der Waals surface area contributed by atoms with Gasteiger partial charge in [-0.3, -0.25) is 9.48 Å². The van der Waals surface area contributed by atoms with Gasteiger partial charge in [-0.1, -0.05) is 0 Å². The number of anilines is 1. The van der Waals surface area contributed by atoms with Crippen LogP contribution in [-0.4, -0.2) is 15.7 Å². The fraction of sp³-hybridized carbons (Fsp3) is 0.111. The standard InChI is InChI=1S/C18H11ClF5N3O/c1-27-8-13(16(26-27)18(19,23)24)17(28)25-15-5-3-9(20)6-12(15)11-4-2-10(21)7-14(11)22/h2-8H,1H3,(H,25,28). The van der Waals surface area contributed by atoms with Gasteiger partial charge in [-0.25, -0.2) is 13.2 Å². The first-order valence-corrected chi connectivity index (χ1v) is 8.11.